The molecule has 0 spiro atoms. The molecule has 1 amide bonds. The number of likely N-dealkylation sites (N-methyl/N-ethyl adjacent to an activating group) is 1. The highest BCUT2D eigenvalue weighted by Gasteiger charge is 2.27. The molecule has 0 aliphatic rings. The Kier molecular flexibility index (Phi) is 43.8. The molecule has 0 fully saturated rings. The van der Waals surface area contributed by atoms with Crippen LogP contribution in [0.3, 0.4) is 0 Å². The lowest BCUT2D eigenvalue weighted by Gasteiger charge is -2.30. The van der Waals surface area contributed by atoms with Crippen LogP contribution in [0.1, 0.15) is 245 Å². The van der Waals surface area contributed by atoms with Crippen molar-refractivity contribution in [1.82, 2.24) is 5.32 Å². The minimum Gasteiger partial charge on any atom is -0.756 e. The second-order valence-corrected chi connectivity index (χ2v) is 20.8. The highest BCUT2D eigenvalue weighted by Crippen LogP contribution is 2.38. The van der Waals surface area contributed by atoms with E-state index in [9.17, 15) is 19.0 Å². The number of ether oxygens (including phenoxy) is 1. The van der Waals surface area contributed by atoms with Crippen molar-refractivity contribution in [1.29, 1.82) is 0 Å². The third kappa shape index (κ3) is 45.4. The summed E-state index contributed by atoms with van der Waals surface area (Å²) in [5.41, 5.74) is 0. The maximum Gasteiger partial charge on any atom is 0.306 e. The molecule has 1 N–H and O–H groups in total. The Morgan fingerprint density at radius 2 is 1.00 bits per heavy atom. The van der Waals surface area contributed by atoms with Crippen LogP contribution in [0.4, 0.5) is 0 Å². The summed E-state index contributed by atoms with van der Waals surface area (Å²) in [5.74, 6) is -0.546. The van der Waals surface area contributed by atoms with E-state index < -0.39 is 20.0 Å². The first kappa shape index (κ1) is 62.2. The molecule has 0 bridgehead atoms. The van der Waals surface area contributed by atoms with Gasteiger partial charge in [-0.2, -0.15) is 0 Å². The van der Waals surface area contributed by atoms with Gasteiger partial charge in [0.1, 0.15) is 19.3 Å². The molecular weight excluding hydrogens is 820 g/mol. The van der Waals surface area contributed by atoms with Crippen LogP contribution in [0, 0.1) is 0 Å². The van der Waals surface area contributed by atoms with Gasteiger partial charge in [-0.3, -0.25) is 14.2 Å². The van der Waals surface area contributed by atoms with Gasteiger partial charge in [-0.05, 0) is 57.4 Å². The van der Waals surface area contributed by atoms with Crippen molar-refractivity contribution in [2.45, 2.75) is 258 Å². The smallest absolute Gasteiger partial charge is 0.306 e. The van der Waals surface area contributed by atoms with E-state index in [1.807, 2.05) is 33.3 Å². The fourth-order valence-electron chi connectivity index (χ4n) is 7.68. The molecule has 376 valence electrons. The Labute approximate surface area is 396 Å². The first-order valence-electron chi connectivity index (χ1n) is 26.8. The van der Waals surface area contributed by atoms with Crippen molar-refractivity contribution in [2.24, 2.45) is 0 Å². The molecular formula is C54H103N2O7P. The predicted molar refractivity (Wildman–Crippen MR) is 270 cm³/mol. The van der Waals surface area contributed by atoms with E-state index in [0.717, 1.165) is 83.5 Å². The Bertz CT molecular complexity index is 1200. The maximum absolute atomic E-state index is 13.4. The topological polar surface area (TPSA) is 114 Å². The number of rotatable bonds is 48. The van der Waals surface area contributed by atoms with E-state index in [2.05, 4.69) is 50.4 Å². The zero-order valence-corrected chi connectivity index (χ0v) is 43.6. The number of quaternary nitrogens is 1. The Morgan fingerprint density at radius 1 is 0.562 bits per heavy atom. The molecule has 3 atom stereocenters. The molecule has 0 heterocycles. The predicted octanol–water partition coefficient (Wildman–Crippen LogP) is 15.0. The molecule has 10 heteroatoms. The Morgan fingerprint density at radius 3 is 1.48 bits per heavy atom. The molecule has 3 unspecified atom stereocenters. The monoisotopic (exact) mass is 923 g/mol. The van der Waals surface area contributed by atoms with E-state index in [1.165, 1.54) is 128 Å². The van der Waals surface area contributed by atoms with Gasteiger partial charge in [0.25, 0.3) is 7.82 Å². The number of amides is 1. The van der Waals surface area contributed by atoms with Crippen molar-refractivity contribution >= 4 is 19.7 Å². The van der Waals surface area contributed by atoms with Crippen molar-refractivity contribution < 1.29 is 37.3 Å². The van der Waals surface area contributed by atoms with Crippen molar-refractivity contribution in [3.63, 3.8) is 0 Å². The van der Waals surface area contributed by atoms with Crippen molar-refractivity contribution in [3.05, 3.63) is 36.5 Å². The summed E-state index contributed by atoms with van der Waals surface area (Å²) in [6.07, 6.45) is 51.0. The second-order valence-electron chi connectivity index (χ2n) is 19.4. The van der Waals surface area contributed by atoms with Crippen molar-refractivity contribution in [3.8, 4) is 0 Å². The normalized spacial score (nSPS) is 14.2. The number of nitrogens with zero attached hydrogens (tertiary/aromatic N) is 1. The molecule has 0 saturated heterocycles. The van der Waals surface area contributed by atoms with Gasteiger partial charge in [0, 0.05) is 12.8 Å². The minimum atomic E-state index is -4.69. The molecule has 0 radical (unpaired) electrons. The maximum atomic E-state index is 13.4. The molecule has 0 aliphatic heterocycles. The highest BCUT2D eigenvalue weighted by molar-refractivity contribution is 7.45. The van der Waals surface area contributed by atoms with Gasteiger partial charge >= 0.3 is 5.97 Å². The average molecular weight is 923 g/mol. The summed E-state index contributed by atoms with van der Waals surface area (Å²) in [5, 5.41) is 3.01. The number of esters is 1. The van der Waals surface area contributed by atoms with Crippen LogP contribution in [0.2, 0.25) is 0 Å². The van der Waals surface area contributed by atoms with Crippen LogP contribution in [0.5, 0.6) is 0 Å². The zero-order chi connectivity index (χ0) is 47.3. The van der Waals surface area contributed by atoms with E-state index in [4.69, 9.17) is 13.8 Å². The average Bonchev–Trinajstić information content (AvgIpc) is 3.25. The zero-order valence-electron chi connectivity index (χ0n) is 42.7. The summed E-state index contributed by atoms with van der Waals surface area (Å²) in [7, 11) is 1.18. The first-order valence-corrected chi connectivity index (χ1v) is 28.3. The first-order chi connectivity index (χ1) is 30.9. The summed E-state index contributed by atoms with van der Waals surface area (Å²) >= 11 is 0. The second kappa shape index (κ2) is 45.0. The number of phosphoric acid groups is 1. The molecule has 0 aromatic carbocycles. The van der Waals surface area contributed by atoms with Gasteiger partial charge in [-0.15, -0.1) is 0 Å². The number of unbranched alkanes of at least 4 members (excludes halogenated alkanes) is 28. The van der Waals surface area contributed by atoms with Gasteiger partial charge < -0.3 is 28.5 Å². The van der Waals surface area contributed by atoms with E-state index in [0.29, 0.717) is 17.4 Å². The van der Waals surface area contributed by atoms with E-state index in [-0.39, 0.29) is 31.5 Å². The number of allylic oxidation sites excluding steroid dienone is 5. The van der Waals surface area contributed by atoms with Gasteiger partial charge in [0.15, 0.2) is 0 Å². The number of hydrogen-bond donors (Lipinski definition) is 1. The summed E-state index contributed by atoms with van der Waals surface area (Å²) < 4.78 is 30.1. The number of carbonyl (C=O) groups excluding carboxylic acids is 2. The largest absolute Gasteiger partial charge is 0.756 e. The Hall–Kier alpha value is -1.77. The molecule has 0 aliphatic carbocycles. The van der Waals surface area contributed by atoms with Crippen LogP contribution in [0.25, 0.3) is 0 Å². The lowest BCUT2D eigenvalue weighted by molar-refractivity contribution is -0.870. The van der Waals surface area contributed by atoms with Crippen LogP contribution in [-0.4, -0.2) is 69.4 Å². The van der Waals surface area contributed by atoms with Gasteiger partial charge in [-0.25, -0.2) is 0 Å². The van der Waals surface area contributed by atoms with Crippen molar-refractivity contribution in [2.75, 3.05) is 40.9 Å². The summed E-state index contributed by atoms with van der Waals surface area (Å²) in [4.78, 5) is 39.7. The third-order valence-corrected chi connectivity index (χ3v) is 12.8. The fourth-order valence-corrected chi connectivity index (χ4v) is 8.40. The fraction of sp³-hybridized carbons (Fsp3) is 0.852. The number of nitrogens with one attached hydrogen (secondary N) is 1. The van der Waals surface area contributed by atoms with Gasteiger partial charge in [-0.1, -0.05) is 212 Å². The molecule has 0 saturated carbocycles. The lowest BCUT2D eigenvalue weighted by atomic mass is 10.0. The number of phosphoric ester groups is 1. The summed E-state index contributed by atoms with van der Waals surface area (Å²) in [6, 6.07) is -0.886. The lowest BCUT2D eigenvalue weighted by Crippen LogP contribution is -2.47. The Balaban J connectivity index is 5.42. The van der Waals surface area contributed by atoms with Gasteiger partial charge in [0.05, 0.1) is 33.8 Å². The van der Waals surface area contributed by atoms with Crippen LogP contribution < -0.4 is 10.2 Å². The standard InChI is InChI=1S/C54H103N2O7P/c1-7-10-13-16-19-22-25-27-29-32-34-37-40-43-46-53(57)55-51(50-62-64(59,60)61-49-48-56(4,5)6)52(45-42-39-36-33-31-28-26-23-20-17-14-11-8-2)63-54(58)47-44-41-38-35-30-24-21-18-15-12-9-3/h10,13,19,22,42,45,51-52H,7-9,11-12,14-18,20-21,23-41,43-44,46-50H2,1-6H3,(H-,55,57,59,60)/b13-10+,22-19+,45-42+. The van der Waals surface area contributed by atoms with E-state index in [1.54, 1.807) is 0 Å². The molecule has 0 aromatic heterocycles. The quantitative estimate of drug-likeness (QED) is 0.0212. The third-order valence-electron chi connectivity index (χ3n) is 11.8. The number of carbonyl (C=O) groups is 2. The molecule has 64 heavy (non-hydrogen) atoms. The molecule has 0 rings (SSSR count). The molecule has 9 nitrogen and oxygen atoms in total. The summed E-state index contributed by atoms with van der Waals surface area (Å²) in [6.45, 7) is 6.72. The minimum absolute atomic E-state index is 0.0223. The van der Waals surface area contributed by atoms with Gasteiger partial charge in [0.2, 0.25) is 5.91 Å². The number of hydrogen-bond acceptors (Lipinski definition) is 7. The van der Waals surface area contributed by atoms with Crippen LogP contribution in [-0.2, 0) is 27.9 Å². The van der Waals surface area contributed by atoms with Crippen LogP contribution >= 0.6 is 7.82 Å². The molecule has 0 aromatic rings. The highest BCUT2D eigenvalue weighted by atomic mass is 31.2. The van der Waals surface area contributed by atoms with Crippen LogP contribution in [0.15, 0.2) is 36.5 Å². The van der Waals surface area contributed by atoms with E-state index >= 15 is 0 Å². The SMILES string of the molecule is CC/C=C/C/C=C/CCCCCCCCCC(=O)NC(COP(=O)([O-])OCC[N+](C)(C)C)C(/C=C/CCCCCCCCCCCCC)OC(=O)CCCCCCCCCCCCC.